The Bertz CT molecular complexity index is 248. The third-order valence-electron chi connectivity index (χ3n) is 2.48. The number of benzene rings is 1. The fraction of sp³-hybridized carbons (Fsp3) is 0.538. The summed E-state index contributed by atoms with van der Waals surface area (Å²) >= 11 is 0. The van der Waals surface area contributed by atoms with E-state index in [2.05, 4.69) is 42.6 Å². The van der Waals surface area contributed by atoms with Crippen molar-refractivity contribution >= 4 is 0 Å². The molecule has 0 heterocycles. The number of methoxy groups -OCH3 is 1. The molecule has 0 aromatic heterocycles. The lowest BCUT2D eigenvalue weighted by Gasteiger charge is -2.18. The molecule has 0 saturated heterocycles. The molecule has 0 bridgehead atoms. The van der Waals surface area contributed by atoms with Gasteiger partial charge >= 0.3 is 0 Å². The highest BCUT2D eigenvalue weighted by atomic mass is 16.5. The molecular formula is C13H21NO. The van der Waals surface area contributed by atoms with Crippen LogP contribution in [0.15, 0.2) is 30.3 Å². The lowest BCUT2D eigenvalue weighted by atomic mass is 10.0. The number of rotatable bonds is 7. The third kappa shape index (κ3) is 4.45. The van der Waals surface area contributed by atoms with Crippen molar-refractivity contribution in [3.63, 3.8) is 0 Å². The van der Waals surface area contributed by atoms with Gasteiger partial charge in [-0.2, -0.15) is 0 Å². The molecule has 0 aliphatic heterocycles. The fourth-order valence-electron chi connectivity index (χ4n) is 1.70. The van der Waals surface area contributed by atoms with Crippen LogP contribution in [0.25, 0.3) is 0 Å². The van der Waals surface area contributed by atoms with E-state index >= 15 is 0 Å². The zero-order valence-electron chi connectivity index (χ0n) is 9.70. The summed E-state index contributed by atoms with van der Waals surface area (Å²) in [5.41, 5.74) is 1.37. The summed E-state index contributed by atoms with van der Waals surface area (Å²) in [4.78, 5) is 0. The normalized spacial score (nSPS) is 12.7. The first-order valence-corrected chi connectivity index (χ1v) is 5.65. The van der Waals surface area contributed by atoms with Crippen molar-refractivity contribution in [2.75, 3.05) is 20.3 Å². The lowest BCUT2D eigenvalue weighted by molar-refractivity contribution is 0.195. The minimum atomic E-state index is 0.464. The summed E-state index contributed by atoms with van der Waals surface area (Å²) in [6.45, 7) is 3.90. The van der Waals surface area contributed by atoms with Gasteiger partial charge in [0, 0.05) is 19.7 Å². The van der Waals surface area contributed by atoms with Gasteiger partial charge in [0.15, 0.2) is 0 Å². The first-order valence-electron chi connectivity index (χ1n) is 5.65. The van der Waals surface area contributed by atoms with Gasteiger partial charge in [-0.3, -0.25) is 0 Å². The molecule has 0 saturated carbocycles. The highest BCUT2D eigenvalue weighted by Gasteiger charge is 2.08. The van der Waals surface area contributed by atoms with Crippen molar-refractivity contribution in [2.24, 2.45) is 0 Å². The van der Waals surface area contributed by atoms with Crippen LogP contribution in [0.4, 0.5) is 0 Å². The van der Waals surface area contributed by atoms with Gasteiger partial charge in [-0.05, 0) is 12.0 Å². The largest absolute Gasteiger partial charge is 0.383 e. The summed E-state index contributed by atoms with van der Waals surface area (Å²) in [5, 5.41) is 3.51. The Labute approximate surface area is 92.6 Å². The number of hydrogen-bond donors (Lipinski definition) is 1. The zero-order valence-corrected chi connectivity index (χ0v) is 9.70. The van der Waals surface area contributed by atoms with Gasteiger partial charge in [-0.1, -0.05) is 43.7 Å². The van der Waals surface area contributed by atoms with Crippen molar-refractivity contribution < 1.29 is 4.74 Å². The molecule has 2 heteroatoms. The van der Waals surface area contributed by atoms with Gasteiger partial charge in [0.1, 0.15) is 0 Å². The van der Waals surface area contributed by atoms with Crippen molar-refractivity contribution in [1.82, 2.24) is 5.32 Å². The predicted molar refractivity (Wildman–Crippen MR) is 64.0 cm³/mol. The van der Waals surface area contributed by atoms with Crippen LogP contribution in [-0.2, 0) is 4.74 Å². The van der Waals surface area contributed by atoms with Crippen LogP contribution in [0.2, 0.25) is 0 Å². The van der Waals surface area contributed by atoms with Crippen LogP contribution in [0.3, 0.4) is 0 Å². The van der Waals surface area contributed by atoms with Crippen LogP contribution < -0.4 is 5.32 Å². The van der Waals surface area contributed by atoms with E-state index < -0.39 is 0 Å². The average Bonchev–Trinajstić information content (AvgIpc) is 2.29. The standard InChI is InChI=1S/C13H21NO/c1-3-7-13(14-10-11-15-2)12-8-5-4-6-9-12/h4-6,8-9,13-14H,3,7,10-11H2,1-2H3. The Morgan fingerprint density at radius 1 is 1.27 bits per heavy atom. The second-order valence-electron chi connectivity index (χ2n) is 3.70. The van der Waals surface area contributed by atoms with Crippen LogP contribution in [0, 0.1) is 0 Å². The van der Waals surface area contributed by atoms with E-state index in [0.717, 1.165) is 13.2 Å². The Morgan fingerprint density at radius 2 is 2.00 bits per heavy atom. The molecule has 1 unspecified atom stereocenters. The van der Waals surface area contributed by atoms with Crippen molar-refractivity contribution in [1.29, 1.82) is 0 Å². The average molecular weight is 207 g/mol. The van der Waals surface area contributed by atoms with Crippen LogP contribution in [-0.4, -0.2) is 20.3 Å². The Balaban J connectivity index is 2.50. The molecule has 0 aliphatic carbocycles. The van der Waals surface area contributed by atoms with E-state index in [1.165, 1.54) is 18.4 Å². The van der Waals surface area contributed by atoms with E-state index in [0.29, 0.717) is 6.04 Å². The second kappa shape index (κ2) is 7.43. The topological polar surface area (TPSA) is 21.3 Å². The SMILES string of the molecule is CCCC(NCCOC)c1ccccc1. The Hall–Kier alpha value is -0.860. The molecule has 0 radical (unpaired) electrons. The van der Waals surface area contributed by atoms with E-state index in [1.54, 1.807) is 7.11 Å². The molecule has 84 valence electrons. The number of ether oxygens (including phenoxy) is 1. The maximum atomic E-state index is 5.04. The van der Waals surface area contributed by atoms with Gasteiger partial charge in [-0.25, -0.2) is 0 Å². The Morgan fingerprint density at radius 3 is 2.60 bits per heavy atom. The highest BCUT2D eigenvalue weighted by Crippen LogP contribution is 2.17. The minimum Gasteiger partial charge on any atom is -0.383 e. The molecule has 1 rings (SSSR count). The molecule has 0 fully saturated rings. The first kappa shape index (κ1) is 12.2. The summed E-state index contributed by atoms with van der Waals surface area (Å²) < 4.78 is 5.04. The van der Waals surface area contributed by atoms with E-state index in [4.69, 9.17) is 4.74 Å². The first-order chi connectivity index (χ1) is 7.38. The quantitative estimate of drug-likeness (QED) is 0.694. The van der Waals surface area contributed by atoms with Crippen molar-refractivity contribution in [3.8, 4) is 0 Å². The van der Waals surface area contributed by atoms with Gasteiger partial charge in [0.25, 0.3) is 0 Å². The molecular weight excluding hydrogens is 186 g/mol. The molecule has 1 atom stereocenters. The predicted octanol–water partition coefficient (Wildman–Crippen LogP) is 2.76. The van der Waals surface area contributed by atoms with E-state index in [9.17, 15) is 0 Å². The van der Waals surface area contributed by atoms with Crippen LogP contribution in [0.1, 0.15) is 31.4 Å². The molecule has 1 N–H and O–H groups in total. The molecule has 1 aromatic carbocycles. The monoisotopic (exact) mass is 207 g/mol. The molecule has 0 spiro atoms. The Kier molecular flexibility index (Phi) is 6.05. The van der Waals surface area contributed by atoms with Crippen LogP contribution >= 0.6 is 0 Å². The number of hydrogen-bond acceptors (Lipinski definition) is 2. The maximum Gasteiger partial charge on any atom is 0.0587 e. The summed E-state index contributed by atoms with van der Waals surface area (Å²) in [6, 6.07) is 11.1. The fourth-order valence-corrected chi connectivity index (χ4v) is 1.70. The lowest BCUT2D eigenvalue weighted by Crippen LogP contribution is -2.24. The van der Waals surface area contributed by atoms with E-state index in [1.807, 2.05) is 0 Å². The van der Waals surface area contributed by atoms with Crippen LogP contribution in [0.5, 0.6) is 0 Å². The van der Waals surface area contributed by atoms with Crippen molar-refractivity contribution in [2.45, 2.75) is 25.8 Å². The molecule has 15 heavy (non-hydrogen) atoms. The summed E-state index contributed by atoms with van der Waals surface area (Å²) in [7, 11) is 1.74. The summed E-state index contributed by atoms with van der Waals surface area (Å²) in [6.07, 6.45) is 2.37. The zero-order chi connectivity index (χ0) is 10.9. The van der Waals surface area contributed by atoms with Gasteiger partial charge in [0.05, 0.1) is 6.61 Å². The molecule has 0 aliphatic rings. The smallest absolute Gasteiger partial charge is 0.0587 e. The van der Waals surface area contributed by atoms with E-state index in [-0.39, 0.29) is 0 Å². The van der Waals surface area contributed by atoms with Gasteiger partial charge < -0.3 is 10.1 Å². The maximum absolute atomic E-state index is 5.04. The molecule has 1 aromatic rings. The highest BCUT2D eigenvalue weighted by molar-refractivity contribution is 5.18. The minimum absolute atomic E-state index is 0.464. The molecule has 2 nitrogen and oxygen atoms in total. The second-order valence-corrected chi connectivity index (χ2v) is 3.70. The van der Waals surface area contributed by atoms with Gasteiger partial charge in [-0.15, -0.1) is 0 Å². The summed E-state index contributed by atoms with van der Waals surface area (Å²) in [5.74, 6) is 0. The van der Waals surface area contributed by atoms with Gasteiger partial charge in [0.2, 0.25) is 0 Å². The molecule has 0 amide bonds. The number of nitrogens with one attached hydrogen (secondary N) is 1. The van der Waals surface area contributed by atoms with Crippen molar-refractivity contribution in [3.05, 3.63) is 35.9 Å². The third-order valence-corrected chi connectivity index (χ3v) is 2.48.